The maximum absolute atomic E-state index is 12.4. The Balaban J connectivity index is 2.49. The van der Waals surface area contributed by atoms with E-state index in [1.54, 1.807) is 6.07 Å². The van der Waals surface area contributed by atoms with Crippen LogP contribution in [-0.2, 0) is 19.5 Å². The molecular formula is C14H12BrNO6S2. The highest BCUT2D eigenvalue weighted by molar-refractivity contribution is 9.11. The van der Waals surface area contributed by atoms with E-state index < -0.39 is 22.0 Å². The number of carbonyl (C=O) groups is 2. The smallest absolute Gasteiger partial charge is 0.339 e. The van der Waals surface area contributed by atoms with Crippen LogP contribution >= 0.6 is 27.3 Å². The summed E-state index contributed by atoms with van der Waals surface area (Å²) in [5.74, 6) is -1.40. The Bertz CT molecular complexity index is 890. The van der Waals surface area contributed by atoms with Gasteiger partial charge in [0.25, 0.3) is 10.0 Å². The van der Waals surface area contributed by atoms with Crippen LogP contribution in [0, 0.1) is 0 Å². The maximum Gasteiger partial charge on any atom is 0.339 e. The van der Waals surface area contributed by atoms with E-state index in [9.17, 15) is 18.0 Å². The normalized spacial score (nSPS) is 11.0. The molecule has 0 spiro atoms. The lowest BCUT2D eigenvalue weighted by atomic mass is 10.1. The molecule has 0 atom stereocenters. The van der Waals surface area contributed by atoms with Crippen LogP contribution in [0.15, 0.2) is 38.3 Å². The van der Waals surface area contributed by atoms with E-state index >= 15 is 0 Å². The number of anilines is 1. The Labute approximate surface area is 150 Å². The first kappa shape index (κ1) is 18.4. The van der Waals surface area contributed by atoms with Gasteiger partial charge in [-0.15, -0.1) is 11.3 Å². The van der Waals surface area contributed by atoms with Crippen LogP contribution < -0.4 is 4.72 Å². The monoisotopic (exact) mass is 433 g/mol. The molecule has 10 heteroatoms. The number of hydrogen-bond acceptors (Lipinski definition) is 7. The predicted octanol–water partition coefficient (Wildman–Crippen LogP) is 2.88. The molecule has 0 amide bonds. The maximum atomic E-state index is 12.4. The molecule has 2 rings (SSSR count). The topological polar surface area (TPSA) is 98.8 Å². The van der Waals surface area contributed by atoms with Gasteiger partial charge in [0.05, 0.1) is 34.8 Å². The summed E-state index contributed by atoms with van der Waals surface area (Å²) in [6, 6.07) is 6.86. The molecule has 24 heavy (non-hydrogen) atoms. The zero-order chi connectivity index (χ0) is 17.9. The van der Waals surface area contributed by atoms with Crippen molar-refractivity contribution < 1.29 is 27.5 Å². The Morgan fingerprint density at radius 3 is 2.29 bits per heavy atom. The average molecular weight is 434 g/mol. The van der Waals surface area contributed by atoms with Crippen LogP contribution in [0.4, 0.5) is 5.69 Å². The molecule has 0 radical (unpaired) electrons. The second-order valence-corrected chi connectivity index (χ2v) is 8.78. The summed E-state index contributed by atoms with van der Waals surface area (Å²) in [4.78, 5) is 23.5. The number of carbonyl (C=O) groups excluding carboxylic acids is 2. The Hall–Kier alpha value is -1.91. The van der Waals surface area contributed by atoms with E-state index in [4.69, 9.17) is 0 Å². The van der Waals surface area contributed by atoms with Gasteiger partial charge in [0.2, 0.25) is 0 Å². The van der Waals surface area contributed by atoms with Gasteiger partial charge >= 0.3 is 11.9 Å². The molecule has 0 aliphatic carbocycles. The molecule has 0 fully saturated rings. The zero-order valence-corrected chi connectivity index (χ0v) is 15.7. The fraction of sp³-hybridized carbons (Fsp3) is 0.143. The molecule has 0 saturated carbocycles. The minimum Gasteiger partial charge on any atom is -0.465 e. The molecule has 128 valence electrons. The molecule has 0 bridgehead atoms. The van der Waals surface area contributed by atoms with E-state index in [1.807, 2.05) is 0 Å². The highest BCUT2D eigenvalue weighted by atomic mass is 79.9. The van der Waals surface area contributed by atoms with E-state index in [2.05, 4.69) is 30.1 Å². The van der Waals surface area contributed by atoms with E-state index in [-0.39, 0.29) is 21.0 Å². The van der Waals surface area contributed by atoms with Crippen molar-refractivity contribution in [2.24, 2.45) is 0 Å². The van der Waals surface area contributed by atoms with E-state index in [0.717, 1.165) is 11.3 Å². The van der Waals surface area contributed by atoms with Gasteiger partial charge in [0.1, 0.15) is 4.21 Å². The Morgan fingerprint density at radius 1 is 1.08 bits per heavy atom. The molecule has 7 nitrogen and oxygen atoms in total. The summed E-state index contributed by atoms with van der Waals surface area (Å²) in [5.41, 5.74) is -0.00571. The fourth-order valence-electron chi connectivity index (χ4n) is 1.80. The van der Waals surface area contributed by atoms with Crippen LogP contribution in [0.3, 0.4) is 0 Å². The number of nitrogens with one attached hydrogen (secondary N) is 1. The van der Waals surface area contributed by atoms with Gasteiger partial charge in [0, 0.05) is 0 Å². The molecule has 1 heterocycles. The van der Waals surface area contributed by atoms with Gasteiger partial charge in [-0.25, -0.2) is 18.0 Å². The molecule has 1 aromatic heterocycles. The summed E-state index contributed by atoms with van der Waals surface area (Å²) >= 11 is 4.20. The van der Waals surface area contributed by atoms with Gasteiger partial charge < -0.3 is 9.47 Å². The van der Waals surface area contributed by atoms with Crippen molar-refractivity contribution in [2.45, 2.75) is 4.21 Å². The number of ether oxygens (including phenoxy) is 2. The number of sulfonamides is 1. The van der Waals surface area contributed by atoms with Crippen molar-refractivity contribution in [3.05, 3.63) is 45.2 Å². The van der Waals surface area contributed by atoms with Crippen molar-refractivity contribution >= 4 is 54.9 Å². The summed E-state index contributed by atoms with van der Waals surface area (Å²) in [6.07, 6.45) is 0. The molecular weight excluding hydrogens is 422 g/mol. The Kier molecular flexibility index (Phi) is 5.62. The van der Waals surface area contributed by atoms with Crippen LogP contribution in [0.5, 0.6) is 0 Å². The van der Waals surface area contributed by atoms with Gasteiger partial charge in [-0.2, -0.15) is 0 Å². The number of benzene rings is 1. The lowest BCUT2D eigenvalue weighted by molar-refractivity contribution is 0.0587. The second kappa shape index (κ2) is 7.32. The van der Waals surface area contributed by atoms with Crippen molar-refractivity contribution in [1.29, 1.82) is 0 Å². The number of halogens is 1. The minimum absolute atomic E-state index is 0.0238. The standard InChI is InChI=1S/C14H12BrNO6S2/c1-21-13(17)8-3-4-9(14(18)22-2)10(7-8)16-24(19,20)12-6-5-11(15)23-12/h3-7,16H,1-2H3. The summed E-state index contributed by atoms with van der Waals surface area (Å²) in [6.45, 7) is 0. The van der Waals surface area contributed by atoms with Gasteiger partial charge in [-0.05, 0) is 46.3 Å². The molecule has 0 aliphatic heterocycles. The third-order valence-electron chi connectivity index (χ3n) is 2.90. The van der Waals surface area contributed by atoms with Crippen LogP contribution in [0.1, 0.15) is 20.7 Å². The van der Waals surface area contributed by atoms with Crippen molar-refractivity contribution in [1.82, 2.24) is 0 Å². The molecule has 0 aliphatic rings. The first-order valence-electron chi connectivity index (χ1n) is 6.37. The summed E-state index contributed by atoms with van der Waals surface area (Å²) < 4.78 is 37.1. The fourth-order valence-corrected chi connectivity index (χ4v) is 4.88. The first-order chi connectivity index (χ1) is 11.3. The summed E-state index contributed by atoms with van der Waals surface area (Å²) in [5, 5.41) is 0. The third-order valence-corrected chi connectivity index (χ3v) is 6.38. The summed E-state index contributed by atoms with van der Waals surface area (Å²) in [7, 11) is -1.56. The first-order valence-corrected chi connectivity index (χ1v) is 9.46. The van der Waals surface area contributed by atoms with Gasteiger partial charge in [0.15, 0.2) is 0 Å². The zero-order valence-electron chi connectivity index (χ0n) is 12.5. The molecule has 0 saturated heterocycles. The van der Waals surface area contributed by atoms with Crippen LogP contribution in [0.2, 0.25) is 0 Å². The molecule has 2 aromatic rings. The second-order valence-electron chi connectivity index (χ2n) is 4.41. The molecule has 1 N–H and O–H groups in total. The largest absolute Gasteiger partial charge is 0.465 e. The van der Waals surface area contributed by atoms with Crippen molar-refractivity contribution in [3.8, 4) is 0 Å². The van der Waals surface area contributed by atoms with Gasteiger partial charge in [-0.1, -0.05) is 0 Å². The lowest BCUT2D eigenvalue weighted by Gasteiger charge is -2.12. The number of methoxy groups -OCH3 is 2. The van der Waals surface area contributed by atoms with Crippen LogP contribution in [-0.4, -0.2) is 34.6 Å². The number of thiophene rings is 1. The SMILES string of the molecule is COC(=O)c1ccc(C(=O)OC)c(NS(=O)(=O)c2ccc(Br)s2)c1. The van der Waals surface area contributed by atoms with Crippen molar-refractivity contribution in [3.63, 3.8) is 0 Å². The Morgan fingerprint density at radius 2 is 1.75 bits per heavy atom. The van der Waals surface area contributed by atoms with E-state index in [0.29, 0.717) is 3.79 Å². The van der Waals surface area contributed by atoms with Gasteiger partial charge in [-0.3, -0.25) is 4.72 Å². The number of esters is 2. The number of hydrogen-bond donors (Lipinski definition) is 1. The lowest BCUT2D eigenvalue weighted by Crippen LogP contribution is -2.16. The number of rotatable bonds is 5. The molecule has 1 aromatic carbocycles. The highest BCUT2D eigenvalue weighted by Gasteiger charge is 2.22. The quantitative estimate of drug-likeness (QED) is 0.727. The van der Waals surface area contributed by atoms with Crippen LogP contribution in [0.25, 0.3) is 0 Å². The predicted molar refractivity (Wildman–Crippen MR) is 91.9 cm³/mol. The third kappa shape index (κ3) is 3.94. The highest BCUT2D eigenvalue weighted by Crippen LogP contribution is 2.29. The average Bonchev–Trinajstić information content (AvgIpc) is 3.00. The van der Waals surface area contributed by atoms with Crippen molar-refractivity contribution in [2.75, 3.05) is 18.9 Å². The van der Waals surface area contributed by atoms with E-state index in [1.165, 1.54) is 38.5 Å². The minimum atomic E-state index is -3.93. The molecule has 0 unspecified atom stereocenters.